The third-order valence-corrected chi connectivity index (χ3v) is 1.58. The Morgan fingerprint density at radius 3 is 2.83 bits per heavy atom. The van der Waals surface area contributed by atoms with Crippen molar-refractivity contribution in [1.82, 2.24) is 4.57 Å². The fourth-order valence-electron chi connectivity index (χ4n) is 0.940. The van der Waals surface area contributed by atoms with E-state index in [1.807, 2.05) is 28.7 Å². The lowest BCUT2D eigenvalue weighted by atomic mass is 10.5. The largest absolute Gasteiger partial charge is 1.00 e. The number of halogens is 1. The second kappa shape index (κ2) is 5.13. The molecule has 0 fully saturated rings. The third-order valence-electron chi connectivity index (χ3n) is 1.58. The Hall–Kier alpha value is -0.590. The van der Waals surface area contributed by atoms with Crippen LogP contribution in [0.2, 0.25) is 0 Å². The molecule has 12 heavy (non-hydrogen) atoms. The maximum Gasteiger partial charge on any atom is 0.244 e. The summed E-state index contributed by atoms with van der Waals surface area (Å²) in [6.07, 6.45) is 5.27. The molecular weight excluding hydrogens is 269 g/mol. The van der Waals surface area contributed by atoms with Gasteiger partial charge in [-0.05, 0) is 6.92 Å². The van der Waals surface area contributed by atoms with Crippen molar-refractivity contribution in [2.24, 2.45) is 12.2 Å². The summed E-state index contributed by atoms with van der Waals surface area (Å²) in [5.41, 5.74) is 0.884. The second-order valence-corrected chi connectivity index (χ2v) is 2.36. The molecule has 1 heterocycles. The van der Waals surface area contributed by atoms with E-state index >= 15 is 0 Å². The number of rotatable bonds is 2. The summed E-state index contributed by atoms with van der Waals surface area (Å²) in [4.78, 5) is 0. The lowest BCUT2D eigenvalue weighted by molar-refractivity contribution is -0.693. The third kappa shape index (κ3) is 2.47. The Morgan fingerprint density at radius 1 is 1.75 bits per heavy atom. The monoisotopic (exact) mass is 281 g/mol. The van der Waals surface area contributed by atoms with E-state index in [0.29, 0.717) is 0 Å². The van der Waals surface area contributed by atoms with E-state index in [1.165, 1.54) is 6.21 Å². The van der Waals surface area contributed by atoms with Crippen LogP contribution >= 0.6 is 0 Å². The minimum absolute atomic E-state index is 0. The fraction of sp³-hybridized carbons (Fsp3) is 0.429. The molecule has 1 N–H and O–H groups in total. The van der Waals surface area contributed by atoms with Gasteiger partial charge in [-0.25, -0.2) is 9.13 Å². The molecule has 0 amide bonds. The highest BCUT2D eigenvalue weighted by Gasteiger charge is 2.05. The van der Waals surface area contributed by atoms with Crippen LogP contribution in [0.3, 0.4) is 0 Å². The maximum atomic E-state index is 8.27. The Balaban J connectivity index is 0.00000121. The summed E-state index contributed by atoms with van der Waals surface area (Å²) in [6.45, 7) is 2.98. The van der Waals surface area contributed by atoms with Crippen LogP contribution in [0.25, 0.3) is 0 Å². The first-order chi connectivity index (χ1) is 5.27. The maximum absolute atomic E-state index is 8.27. The predicted molar refractivity (Wildman–Crippen MR) is 40.7 cm³/mol. The molecule has 0 aliphatic rings. The van der Waals surface area contributed by atoms with Crippen molar-refractivity contribution in [1.29, 1.82) is 0 Å². The summed E-state index contributed by atoms with van der Waals surface area (Å²) in [7, 11) is 1.91. The first kappa shape index (κ1) is 11.4. The molecule has 0 atom stereocenters. The van der Waals surface area contributed by atoms with E-state index in [4.69, 9.17) is 5.21 Å². The number of oxime groups is 1. The highest BCUT2D eigenvalue weighted by atomic mass is 127. The molecule has 0 spiro atoms. The molecule has 68 valence electrons. The fourth-order valence-corrected chi connectivity index (χ4v) is 0.940. The van der Waals surface area contributed by atoms with Crippen LogP contribution in [-0.4, -0.2) is 16.0 Å². The topological polar surface area (TPSA) is 41.4 Å². The van der Waals surface area contributed by atoms with Crippen molar-refractivity contribution < 1.29 is 33.8 Å². The molecule has 4 nitrogen and oxygen atoms in total. The molecular formula is C7H12IN3O. The van der Waals surface area contributed by atoms with Crippen LogP contribution in [0, 0.1) is 0 Å². The Kier molecular flexibility index (Phi) is 4.87. The van der Waals surface area contributed by atoms with E-state index in [-0.39, 0.29) is 24.0 Å². The van der Waals surface area contributed by atoms with Crippen LogP contribution in [0.15, 0.2) is 17.7 Å². The number of hydrogen-bond acceptors (Lipinski definition) is 2. The number of imidazole rings is 1. The van der Waals surface area contributed by atoms with E-state index in [1.54, 1.807) is 0 Å². The normalized spacial score (nSPS) is 10.2. The summed E-state index contributed by atoms with van der Waals surface area (Å²) in [6, 6.07) is 0. The first-order valence-corrected chi connectivity index (χ1v) is 3.50. The van der Waals surface area contributed by atoms with Gasteiger partial charge < -0.3 is 29.2 Å². The second-order valence-electron chi connectivity index (χ2n) is 2.36. The van der Waals surface area contributed by atoms with Gasteiger partial charge in [-0.15, -0.1) is 0 Å². The molecule has 5 heteroatoms. The molecule has 0 radical (unpaired) electrons. The van der Waals surface area contributed by atoms with Gasteiger partial charge in [0.1, 0.15) is 12.4 Å². The molecule has 1 aromatic heterocycles. The van der Waals surface area contributed by atoms with Gasteiger partial charge in [-0.3, -0.25) is 0 Å². The lowest BCUT2D eigenvalue weighted by Crippen LogP contribution is -3.00. The van der Waals surface area contributed by atoms with E-state index in [0.717, 1.165) is 12.2 Å². The smallest absolute Gasteiger partial charge is 0.244 e. The van der Waals surface area contributed by atoms with Gasteiger partial charge >= 0.3 is 0 Å². The average Bonchev–Trinajstić information content (AvgIpc) is 2.33. The Labute approximate surface area is 88.5 Å². The van der Waals surface area contributed by atoms with E-state index < -0.39 is 0 Å². The van der Waals surface area contributed by atoms with Gasteiger partial charge in [-0.1, -0.05) is 5.16 Å². The van der Waals surface area contributed by atoms with Crippen molar-refractivity contribution in [3.63, 3.8) is 0 Å². The van der Waals surface area contributed by atoms with E-state index in [2.05, 4.69) is 12.1 Å². The number of nitrogens with zero attached hydrogens (tertiary/aromatic N) is 3. The van der Waals surface area contributed by atoms with Gasteiger partial charge in [0, 0.05) is 0 Å². The van der Waals surface area contributed by atoms with Crippen molar-refractivity contribution in [3.8, 4) is 0 Å². The summed E-state index contributed by atoms with van der Waals surface area (Å²) in [5.74, 6) is 0. The number of aryl methyl sites for hydroxylation is 2. The SMILES string of the molecule is CC[n+]1cc(/C=N/O)n(C)c1.[I-]. The molecule has 1 rings (SSSR count). The summed E-state index contributed by atoms with van der Waals surface area (Å²) < 4.78 is 3.90. The summed E-state index contributed by atoms with van der Waals surface area (Å²) in [5, 5.41) is 11.2. The number of aromatic nitrogens is 2. The molecule has 1 aromatic rings. The minimum Gasteiger partial charge on any atom is -1.00 e. The zero-order valence-corrected chi connectivity index (χ0v) is 9.26. The van der Waals surface area contributed by atoms with Crippen molar-refractivity contribution >= 4 is 6.21 Å². The summed E-state index contributed by atoms with van der Waals surface area (Å²) >= 11 is 0. The van der Waals surface area contributed by atoms with Gasteiger partial charge in [-0.2, -0.15) is 0 Å². The van der Waals surface area contributed by atoms with Gasteiger partial charge in [0.15, 0.2) is 5.69 Å². The average molecular weight is 281 g/mol. The van der Waals surface area contributed by atoms with Crippen molar-refractivity contribution in [2.75, 3.05) is 0 Å². The van der Waals surface area contributed by atoms with Gasteiger partial charge in [0.05, 0.1) is 13.6 Å². The van der Waals surface area contributed by atoms with Gasteiger partial charge in [0.25, 0.3) is 0 Å². The minimum atomic E-state index is 0. The van der Waals surface area contributed by atoms with E-state index in [9.17, 15) is 0 Å². The first-order valence-electron chi connectivity index (χ1n) is 3.50. The zero-order valence-electron chi connectivity index (χ0n) is 7.11. The molecule has 0 saturated carbocycles. The van der Waals surface area contributed by atoms with Crippen LogP contribution < -0.4 is 28.5 Å². The molecule has 0 aromatic carbocycles. The Morgan fingerprint density at radius 2 is 2.42 bits per heavy atom. The van der Waals surface area contributed by atoms with Crippen LogP contribution in [-0.2, 0) is 13.6 Å². The van der Waals surface area contributed by atoms with Crippen LogP contribution in [0.4, 0.5) is 0 Å². The molecule has 0 aliphatic heterocycles. The highest BCUT2D eigenvalue weighted by Crippen LogP contribution is 1.89. The van der Waals surface area contributed by atoms with Crippen LogP contribution in [0.5, 0.6) is 0 Å². The molecule has 0 unspecified atom stereocenters. The highest BCUT2D eigenvalue weighted by molar-refractivity contribution is 5.75. The van der Waals surface area contributed by atoms with Crippen molar-refractivity contribution in [2.45, 2.75) is 13.5 Å². The molecule has 0 aliphatic carbocycles. The molecule has 0 bridgehead atoms. The Bertz CT molecular complexity index is 270. The van der Waals surface area contributed by atoms with Crippen LogP contribution in [0.1, 0.15) is 12.6 Å². The number of hydrogen-bond donors (Lipinski definition) is 1. The van der Waals surface area contributed by atoms with Gasteiger partial charge in [0.2, 0.25) is 6.33 Å². The lowest BCUT2D eigenvalue weighted by Gasteiger charge is -1.81. The standard InChI is InChI=1S/C7H11N3O.HI/c1-3-10-5-7(4-8-11)9(2)6-10;/h4-6H,3H2,1-2H3;1H/b8-4+;. The predicted octanol–water partition coefficient (Wildman–Crippen LogP) is -2.86. The molecule has 0 saturated heterocycles. The zero-order chi connectivity index (χ0) is 8.27. The quantitative estimate of drug-likeness (QED) is 0.205. The van der Waals surface area contributed by atoms with Crippen molar-refractivity contribution in [3.05, 3.63) is 18.2 Å².